The van der Waals surface area contributed by atoms with E-state index in [9.17, 15) is 0 Å². The van der Waals surface area contributed by atoms with Crippen LogP contribution in [-0.2, 0) is 16.8 Å². The van der Waals surface area contributed by atoms with Gasteiger partial charge in [-0.25, -0.2) is 19.1 Å². The van der Waals surface area contributed by atoms with Crippen molar-refractivity contribution in [3.8, 4) is 0 Å². The fraction of sp³-hybridized carbons (Fsp3) is 0.294. The molecule has 4 N–H and O–H groups in total. The summed E-state index contributed by atoms with van der Waals surface area (Å²) in [6.07, 6.45) is 7.14. The first-order valence-corrected chi connectivity index (χ1v) is 7.36. The standard InChI is InChI=1S/C5H5N.2C4H8N2O2.C4H7.Co/c1-2-4-6-5-3-1;2*1-3(5-7)4(2)6-8;1-3-4-2;/h1-5H;2*7-8H,1-2H3;3-4H,1H2,2H3;/q;;;-1;/b;2*5-3-,6-4+;4-3-;. The van der Waals surface area contributed by atoms with Gasteiger partial charge in [0.25, 0.3) is 0 Å². The van der Waals surface area contributed by atoms with Crippen LogP contribution in [0.5, 0.6) is 0 Å². The van der Waals surface area contributed by atoms with Gasteiger partial charge in [-0.1, -0.05) is 26.7 Å². The van der Waals surface area contributed by atoms with Gasteiger partial charge in [0.05, 0.1) is 0 Å². The van der Waals surface area contributed by atoms with Crippen molar-refractivity contribution in [2.75, 3.05) is 0 Å². The SMILES string of the molecule is CC(=N/O)/C(C)=N/O.CC(=N/O)/C(C)=N/O.[CH2-]/C=C\C.[Co].c1ccncc1. The van der Waals surface area contributed by atoms with E-state index in [0.717, 1.165) is 0 Å². The summed E-state index contributed by atoms with van der Waals surface area (Å²) in [5.41, 5.74) is 1.25. The molecule has 1 rings (SSSR count). The van der Waals surface area contributed by atoms with Crippen molar-refractivity contribution >= 4 is 22.8 Å². The smallest absolute Gasteiger partial charge is 0.101 e. The first-order valence-electron chi connectivity index (χ1n) is 7.36. The van der Waals surface area contributed by atoms with Gasteiger partial charge in [-0.3, -0.25) is 4.98 Å². The molecule has 0 fully saturated rings. The van der Waals surface area contributed by atoms with E-state index in [1.54, 1.807) is 18.5 Å². The normalized spacial score (nSPS) is 11.6. The van der Waals surface area contributed by atoms with Crippen LogP contribution in [0, 0.1) is 6.92 Å². The Morgan fingerprint density at radius 1 is 0.741 bits per heavy atom. The Bertz CT molecular complexity index is 494. The van der Waals surface area contributed by atoms with E-state index < -0.39 is 0 Å². The number of pyridine rings is 1. The van der Waals surface area contributed by atoms with Crippen LogP contribution in [0.25, 0.3) is 0 Å². The Morgan fingerprint density at radius 3 is 1.07 bits per heavy atom. The largest absolute Gasteiger partial charge is 0.411 e. The second kappa shape index (κ2) is 25.4. The minimum atomic E-state index is 0. The molecule has 1 heterocycles. The van der Waals surface area contributed by atoms with Crippen LogP contribution >= 0.6 is 0 Å². The first kappa shape index (κ1) is 31.9. The maximum atomic E-state index is 8.03. The molecule has 1 aromatic heterocycles. The van der Waals surface area contributed by atoms with Gasteiger partial charge in [-0.15, -0.1) is 6.92 Å². The molecule has 10 heteroatoms. The van der Waals surface area contributed by atoms with Crippen molar-refractivity contribution in [2.45, 2.75) is 34.6 Å². The Balaban J connectivity index is -0.000000133. The van der Waals surface area contributed by atoms with Gasteiger partial charge in [0, 0.05) is 29.2 Å². The van der Waals surface area contributed by atoms with Crippen molar-refractivity contribution < 1.29 is 37.6 Å². The minimum Gasteiger partial charge on any atom is -0.411 e. The summed E-state index contributed by atoms with van der Waals surface area (Å²) in [5.74, 6) is 0. The molecule has 0 saturated carbocycles. The third kappa shape index (κ3) is 25.5. The van der Waals surface area contributed by atoms with Gasteiger partial charge in [-0.2, -0.15) is 0 Å². The second-order valence-corrected chi connectivity index (χ2v) is 4.34. The van der Waals surface area contributed by atoms with Gasteiger partial charge in [-0.05, 0) is 39.8 Å². The Labute approximate surface area is 170 Å². The molecule has 0 amide bonds. The summed E-state index contributed by atoms with van der Waals surface area (Å²) in [4.78, 5) is 3.78. The van der Waals surface area contributed by atoms with E-state index in [4.69, 9.17) is 20.8 Å². The average molecular weight is 425 g/mol. The van der Waals surface area contributed by atoms with E-state index in [0.29, 0.717) is 22.8 Å². The van der Waals surface area contributed by atoms with Gasteiger partial charge >= 0.3 is 0 Å². The number of hydrogen-bond acceptors (Lipinski definition) is 9. The zero-order chi connectivity index (χ0) is 20.8. The molecule has 0 aliphatic heterocycles. The summed E-state index contributed by atoms with van der Waals surface area (Å²) in [6.45, 7) is 11.5. The topological polar surface area (TPSA) is 143 Å². The number of hydrogen-bond donors (Lipinski definition) is 4. The molecule has 0 aliphatic rings. The molecule has 1 aromatic rings. The summed E-state index contributed by atoms with van der Waals surface area (Å²) in [5, 5.41) is 43.3. The van der Waals surface area contributed by atoms with Gasteiger partial charge < -0.3 is 20.8 Å². The molecule has 0 aliphatic carbocycles. The fourth-order valence-corrected chi connectivity index (χ4v) is 0.602. The van der Waals surface area contributed by atoms with Crippen molar-refractivity contribution in [3.05, 3.63) is 49.7 Å². The maximum Gasteiger partial charge on any atom is 0.101 e. The molecular weight excluding hydrogens is 397 g/mol. The summed E-state index contributed by atoms with van der Waals surface area (Å²) in [7, 11) is 0. The quantitative estimate of drug-likeness (QED) is 0.246. The molecular formula is C17H28CoN5O4-. The van der Waals surface area contributed by atoms with Crippen LogP contribution in [0.4, 0.5) is 0 Å². The predicted octanol–water partition coefficient (Wildman–Crippen LogP) is 3.85. The molecule has 0 atom stereocenters. The molecule has 27 heavy (non-hydrogen) atoms. The molecule has 0 saturated heterocycles. The van der Waals surface area contributed by atoms with Crippen molar-refractivity contribution in [1.29, 1.82) is 0 Å². The van der Waals surface area contributed by atoms with E-state index >= 15 is 0 Å². The number of allylic oxidation sites excluding steroid dienone is 2. The first-order chi connectivity index (χ1) is 12.4. The monoisotopic (exact) mass is 425 g/mol. The third-order valence-electron chi connectivity index (χ3n) is 2.45. The zero-order valence-corrected chi connectivity index (χ0v) is 17.1. The molecule has 9 nitrogen and oxygen atoms in total. The zero-order valence-electron chi connectivity index (χ0n) is 16.1. The number of nitrogens with zero attached hydrogens (tertiary/aromatic N) is 5. The third-order valence-corrected chi connectivity index (χ3v) is 2.45. The van der Waals surface area contributed by atoms with Gasteiger partial charge in [0.15, 0.2) is 0 Å². The van der Waals surface area contributed by atoms with Crippen LogP contribution in [0.15, 0.2) is 63.4 Å². The fourth-order valence-electron chi connectivity index (χ4n) is 0.602. The average Bonchev–Trinajstić information content (AvgIpc) is 2.73. The van der Waals surface area contributed by atoms with Crippen LogP contribution in [0.3, 0.4) is 0 Å². The van der Waals surface area contributed by atoms with Crippen LogP contribution in [-0.4, -0.2) is 48.7 Å². The number of oxime groups is 4. The van der Waals surface area contributed by atoms with Crippen LogP contribution in [0.2, 0.25) is 0 Å². The van der Waals surface area contributed by atoms with E-state index in [2.05, 4.69) is 32.5 Å². The Morgan fingerprint density at radius 2 is 1.00 bits per heavy atom. The van der Waals surface area contributed by atoms with E-state index in [1.165, 1.54) is 27.7 Å². The molecule has 0 aromatic carbocycles. The second-order valence-electron chi connectivity index (χ2n) is 4.34. The van der Waals surface area contributed by atoms with Crippen molar-refractivity contribution in [2.24, 2.45) is 20.6 Å². The van der Waals surface area contributed by atoms with E-state index in [-0.39, 0.29) is 16.8 Å². The van der Waals surface area contributed by atoms with E-state index in [1.807, 2.05) is 31.2 Å². The summed E-state index contributed by atoms with van der Waals surface area (Å²) >= 11 is 0. The predicted molar refractivity (Wildman–Crippen MR) is 104 cm³/mol. The van der Waals surface area contributed by atoms with Crippen LogP contribution in [0.1, 0.15) is 34.6 Å². The Kier molecular flexibility index (Phi) is 30.0. The van der Waals surface area contributed by atoms with Gasteiger partial charge in [0.2, 0.25) is 0 Å². The summed E-state index contributed by atoms with van der Waals surface area (Å²) in [6, 6.07) is 5.72. The molecule has 0 spiro atoms. The maximum absolute atomic E-state index is 8.03. The minimum absolute atomic E-state index is 0. The Hall–Kier alpha value is -2.85. The molecule has 1 radical (unpaired) electrons. The van der Waals surface area contributed by atoms with Gasteiger partial charge in [0.1, 0.15) is 22.8 Å². The summed E-state index contributed by atoms with van der Waals surface area (Å²) < 4.78 is 0. The van der Waals surface area contributed by atoms with Crippen LogP contribution < -0.4 is 0 Å². The van der Waals surface area contributed by atoms with Crippen molar-refractivity contribution in [3.63, 3.8) is 0 Å². The molecule has 0 bridgehead atoms. The number of rotatable bonds is 2. The number of aromatic nitrogens is 1. The molecule has 155 valence electrons. The molecule has 0 unspecified atom stereocenters. The van der Waals surface area contributed by atoms with Crippen molar-refractivity contribution in [1.82, 2.24) is 4.98 Å².